The summed E-state index contributed by atoms with van der Waals surface area (Å²) in [6.45, 7) is 8.95. The van der Waals surface area contributed by atoms with E-state index in [-0.39, 0.29) is 17.4 Å². The van der Waals surface area contributed by atoms with Crippen LogP contribution in [-0.2, 0) is 11.3 Å². The highest BCUT2D eigenvalue weighted by Crippen LogP contribution is 2.30. The molecule has 2 rings (SSSR count). The fourth-order valence-corrected chi connectivity index (χ4v) is 2.75. The van der Waals surface area contributed by atoms with Gasteiger partial charge in [0, 0.05) is 18.5 Å². The van der Waals surface area contributed by atoms with E-state index in [4.69, 9.17) is 10.2 Å². The fourth-order valence-electron chi connectivity index (χ4n) is 2.75. The van der Waals surface area contributed by atoms with Crippen molar-refractivity contribution in [3.63, 3.8) is 0 Å². The average molecular weight is 292 g/mol. The lowest BCUT2D eigenvalue weighted by molar-refractivity contribution is -0.133. The van der Waals surface area contributed by atoms with E-state index in [2.05, 4.69) is 20.8 Å². The topological polar surface area (TPSA) is 59.5 Å². The minimum absolute atomic E-state index is 0.0721. The van der Waals surface area contributed by atoms with Crippen LogP contribution >= 0.6 is 0 Å². The van der Waals surface area contributed by atoms with Crippen molar-refractivity contribution in [2.24, 2.45) is 11.1 Å². The summed E-state index contributed by atoms with van der Waals surface area (Å²) in [5, 5.41) is 0. The van der Waals surface area contributed by atoms with Gasteiger partial charge in [0.15, 0.2) is 0 Å². The first-order chi connectivity index (χ1) is 9.74. The van der Waals surface area contributed by atoms with E-state index in [1.165, 1.54) is 0 Å². The van der Waals surface area contributed by atoms with Gasteiger partial charge in [-0.2, -0.15) is 0 Å². The Bertz CT molecular complexity index is 483. The highest BCUT2D eigenvalue weighted by molar-refractivity contribution is 5.77. The van der Waals surface area contributed by atoms with Gasteiger partial charge in [0.25, 0.3) is 0 Å². The van der Waals surface area contributed by atoms with Crippen LogP contribution in [-0.4, -0.2) is 22.9 Å². The molecule has 21 heavy (non-hydrogen) atoms. The first kappa shape index (κ1) is 16.1. The standard InChI is InChI=1S/C17H28N2O2/c1-12-5-8-15(21-12)11-19(14-6-7-14)16(20)9-13(18)10-17(2,3)4/h5,8,13-14H,6-7,9-11,18H2,1-4H3. The summed E-state index contributed by atoms with van der Waals surface area (Å²) >= 11 is 0. The molecule has 0 radical (unpaired) electrons. The largest absolute Gasteiger partial charge is 0.464 e. The van der Waals surface area contributed by atoms with Crippen LogP contribution < -0.4 is 5.73 Å². The summed E-state index contributed by atoms with van der Waals surface area (Å²) in [6, 6.07) is 4.20. The van der Waals surface area contributed by atoms with Gasteiger partial charge in [-0.15, -0.1) is 0 Å². The number of carbonyl (C=O) groups is 1. The predicted molar refractivity (Wildman–Crippen MR) is 83.7 cm³/mol. The van der Waals surface area contributed by atoms with Crippen molar-refractivity contribution in [3.05, 3.63) is 23.7 Å². The predicted octanol–water partition coefficient (Wildman–Crippen LogP) is 3.23. The minimum Gasteiger partial charge on any atom is -0.464 e. The van der Waals surface area contributed by atoms with Gasteiger partial charge < -0.3 is 15.1 Å². The molecule has 0 aromatic carbocycles. The molecule has 0 aliphatic heterocycles. The van der Waals surface area contributed by atoms with Gasteiger partial charge in [-0.25, -0.2) is 0 Å². The molecule has 1 aromatic rings. The Morgan fingerprint density at radius 3 is 2.57 bits per heavy atom. The van der Waals surface area contributed by atoms with Gasteiger partial charge in [0.1, 0.15) is 11.5 Å². The average Bonchev–Trinajstić information content (AvgIpc) is 3.07. The van der Waals surface area contributed by atoms with Crippen molar-refractivity contribution < 1.29 is 9.21 Å². The summed E-state index contributed by atoms with van der Waals surface area (Å²) in [5.41, 5.74) is 6.30. The van der Waals surface area contributed by atoms with Crippen LogP contribution in [0.25, 0.3) is 0 Å². The molecular formula is C17H28N2O2. The van der Waals surface area contributed by atoms with E-state index in [0.29, 0.717) is 19.0 Å². The van der Waals surface area contributed by atoms with E-state index in [1.54, 1.807) is 0 Å². The van der Waals surface area contributed by atoms with Crippen molar-refractivity contribution in [2.45, 2.75) is 72.0 Å². The molecule has 0 bridgehead atoms. The van der Waals surface area contributed by atoms with E-state index >= 15 is 0 Å². The van der Waals surface area contributed by atoms with Crippen LogP contribution in [0.1, 0.15) is 58.0 Å². The number of nitrogens with zero attached hydrogens (tertiary/aromatic N) is 1. The van der Waals surface area contributed by atoms with Gasteiger partial charge in [0.05, 0.1) is 6.54 Å². The molecule has 1 aliphatic carbocycles. The molecule has 0 saturated heterocycles. The molecule has 2 N–H and O–H groups in total. The zero-order valence-electron chi connectivity index (χ0n) is 13.7. The highest BCUT2D eigenvalue weighted by Gasteiger charge is 2.33. The number of furan rings is 1. The lowest BCUT2D eigenvalue weighted by Crippen LogP contribution is -2.38. The Kier molecular flexibility index (Phi) is 4.77. The maximum absolute atomic E-state index is 12.5. The van der Waals surface area contributed by atoms with Crippen molar-refractivity contribution in [1.29, 1.82) is 0 Å². The van der Waals surface area contributed by atoms with Gasteiger partial charge in [-0.1, -0.05) is 20.8 Å². The number of amides is 1. The molecular weight excluding hydrogens is 264 g/mol. The summed E-state index contributed by atoms with van der Waals surface area (Å²) in [7, 11) is 0. The van der Waals surface area contributed by atoms with Crippen LogP contribution in [0.3, 0.4) is 0 Å². The van der Waals surface area contributed by atoms with Crippen molar-refractivity contribution in [3.8, 4) is 0 Å². The minimum atomic E-state index is -0.0721. The number of rotatable bonds is 6. The second kappa shape index (κ2) is 6.22. The van der Waals surface area contributed by atoms with Crippen molar-refractivity contribution in [1.82, 2.24) is 4.90 Å². The van der Waals surface area contributed by atoms with E-state index in [9.17, 15) is 4.79 Å². The van der Waals surface area contributed by atoms with Gasteiger partial charge in [-0.05, 0) is 43.7 Å². The molecule has 1 aliphatic rings. The van der Waals surface area contributed by atoms with Crippen LogP contribution in [0.4, 0.5) is 0 Å². The van der Waals surface area contributed by atoms with E-state index in [0.717, 1.165) is 30.8 Å². The Balaban J connectivity index is 1.93. The molecule has 1 unspecified atom stereocenters. The molecule has 1 atom stereocenters. The Hall–Kier alpha value is -1.29. The fraction of sp³-hybridized carbons (Fsp3) is 0.706. The summed E-state index contributed by atoms with van der Waals surface area (Å²) in [4.78, 5) is 14.5. The van der Waals surface area contributed by atoms with Gasteiger partial charge in [0.2, 0.25) is 5.91 Å². The van der Waals surface area contributed by atoms with E-state index in [1.807, 2.05) is 24.0 Å². The van der Waals surface area contributed by atoms with Crippen LogP contribution in [0, 0.1) is 12.3 Å². The SMILES string of the molecule is Cc1ccc(CN(C(=O)CC(N)CC(C)(C)C)C2CC2)o1. The lowest BCUT2D eigenvalue weighted by atomic mass is 9.87. The second-order valence-electron chi connectivity index (χ2n) is 7.49. The quantitative estimate of drug-likeness (QED) is 0.875. The second-order valence-corrected chi connectivity index (χ2v) is 7.49. The summed E-state index contributed by atoms with van der Waals surface area (Å²) in [6.07, 6.45) is 3.48. The number of aryl methyl sites for hydroxylation is 1. The normalized spacial score (nSPS) is 16.8. The van der Waals surface area contributed by atoms with Crippen molar-refractivity contribution >= 4 is 5.91 Å². The Morgan fingerprint density at radius 1 is 1.43 bits per heavy atom. The molecule has 1 saturated carbocycles. The third kappa shape index (κ3) is 5.20. The molecule has 118 valence electrons. The monoisotopic (exact) mass is 292 g/mol. The maximum Gasteiger partial charge on any atom is 0.224 e. The molecule has 1 fully saturated rings. The third-order valence-corrected chi connectivity index (χ3v) is 3.74. The first-order valence-electron chi connectivity index (χ1n) is 7.85. The zero-order chi connectivity index (χ0) is 15.6. The van der Waals surface area contributed by atoms with Crippen LogP contribution in [0.5, 0.6) is 0 Å². The molecule has 0 spiro atoms. The van der Waals surface area contributed by atoms with Crippen molar-refractivity contribution in [2.75, 3.05) is 0 Å². The number of carbonyl (C=O) groups excluding carboxylic acids is 1. The lowest BCUT2D eigenvalue weighted by Gasteiger charge is -2.26. The molecule has 1 heterocycles. The smallest absolute Gasteiger partial charge is 0.224 e. The number of nitrogens with two attached hydrogens (primary N) is 1. The molecule has 1 aromatic heterocycles. The zero-order valence-corrected chi connectivity index (χ0v) is 13.7. The maximum atomic E-state index is 12.5. The van der Waals surface area contributed by atoms with Gasteiger partial charge >= 0.3 is 0 Å². The van der Waals surface area contributed by atoms with Crippen LogP contribution in [0.2, 0.25) is 0 Å². The van der Waals surface area contributed by atoms with Crippen LogP contribution in [0.15, 0.2) is 16.5 Å². The summed E-state index contributed by atoms with van der Waals surface area (Å²) in [5.74, 6) is 1.90. The number of hydrogen-bond donors (Lipinski definition) is 1. The Labute approximate surface area is 127 Å². The number of hydrogen-bond acceptors (Lipinski definition) is 3. The first-order valence-corrected chi connectivity index (χ1v) is 7.85. The third-order valence-electron chi connectivity index (χ3n) is 3.74. The summed E-state index contributed by atoms with van der Waals surface area (Å²) < 4.78 is 5.60. The highest BCUT2D eigenvalue weighted by atomic mass is 16.3. The molecule has 1 amide bonds. The van der Waals surface area contributed by atoms with E-state index < -0.39 is 0 Å². The Morgan fingerprint density at radius 2 is 2.10 bits per heavy atom. The van der Waals surface area contributed by atoms with Gasteiger partial charge in [-0.3, -0.25) is 4.79 Å². The molecule has 4 heteroatoms. The molecule has 4 nitrogen and oxygen atoms in total.